The van der Waals surface area contributed by atoms with Crippen molar-refractivity contribution in [2.75, 3.05) is 26.2 Å². The Morgan fingerprint density at radius 2 is 2.27 bits per heavy atom. The molecular formula is C17H25N5. The molecule has 2 aromatic rings. The molecular weight excluding hydrogens is 274 g/mol. The van der Waals surface area contributed by atoms with E-state index >= 15 is 0 Å². The molecule has 2 atom stereocenters. The number of rotatable bonds is 3. The minimum absolute atomic E-state index is 0.432. The molecule has 4 heterocycles. The van der Waals surface area contributed by atoms with Crippen LogP contribution < -0.4 is 5.32 Å². The third kappa shape index (κ3) is 2.32. The maximum Gasteiger partial charge on any atom is 0.161 e. The molecule has 0 spiro atoms. The van der Waals surface area contributed by atoms with E-state index in [2.05, 4.69) is 32.8 Å². The molecule has 0 bridgehead atoms. The topological polar surface area (TPSA) is 46.0 Å². The fraction of sp³-hybridized carbons (Fsp3) is 0.647. The van der Waals surface area contributed by atoms with Crippen LogP contribution >= 0.6 is 0 Å². The monoisotopic (exact) mass is 299 g/mol. The zero-order valence-corrected chi connectivity index (χ0v) is 13.3. The largest absolute Gasteiger partial charge is 0.316 e. The number of hydrogen-bond acceptors (Lipinski definition) is 4. The van der Waals surface area contributed by atoms with Crippen molar-refractivity contribution in [1.82, 2.24) is 24.8 Å². The Hall–Kier alpha value is -1.46. The van der Waals surface area contributed by atoms with Gasteiger partial charge in [-0.2, -0.15) is 0 Å². The maximum atomic E-state index is 4.98. The van der Waals surface area contributed by atoms with Crippen molar-refractivity contribution < 1.29 is 0 Å². The zero-order chi connectivity index (χ0) is 14.9. The molecule has 2 aliphatic heterocycles. The summed E-state index contributed by atoms with van der Waals surface area (Å²) in [4.78, 5) is 12.2. The van der Waals surface area contributed by atoms with Crippen molar-refractivity contribution in [2.45, 2.75) is 44.7 Å². The lowest BCUT2D eigenvalue weighted by molar-refractivity contribution is 0.199. The average molecular weight is 299 g/mol. The fourth-order valence-electron chi connectivity index (χ4n) is 4.07. The lowest BCUT2D eigenvalue weighted by Gasteiger charge is -2.29. The molecule has 2 unspecified atom stereocenters. The molecule has 5 nitrogen and oxygen atoms in total. The van der Waals surface area contributed by atoms with Crippen LogP contribution in [0.5, 0.6) is 0 Å². The quantitative estimate of drug-likeness (QED) is 0.946. The highest BCUT2D eigenvalue weighted by molar-refractivity contribution is 5.71. The Bertz CT molecular complexity index is 644. The first-order chi connectivity index (χ1) is 10.9. The van der Waals surface area contributed by atoms with Crippen molar-refractivity contribution in [3.63, 3.8) is 0 Å². The van der Waals surface area contributed by atoms with Crippen molar-refractivity contribution in [1.29, 1.82) is 0 Å². The molecule has 0 amide bonds. The summed E-state index contributed by atoms with van der Waals surface area (Å²) in [5.41, 5.74) is 2.11. The van der Waals surface area contributed by atoms with E-state index in [1.807, 2.05) is 12.3 Å². The Morgan fingerprint density at radius 3 is 3.09 bits per heavy atom. The van der Waals surface area contributed by atoms with Gasteiger partial charge in [-0.25, -0.2) is 9.97 Å². The van der Waals surface area contributed by atoms with Gasteiger partial charge in [0, 0.05) is 25.2 Å². The van der Waals surface area contributed by atoms with Crippen LogP contribution in [-0.2, 0) is 0 Å². The Labute approximate surface area is 131 Å². The lowest BCUT2D eigenvalue weighted by Crippen LogP contribution is -2.33. The molecule has 2 saturated heterocycles. The third-order valence-corrected chi connectivity index (χ3v) is 5.17. The molecule has 5 heteroatoms. The summed E-state index contributed by atoms with van der Waals surface area (Å²) in [6, 6.07) is 4.10. The Balaban J connectivity index is 1.82. The van der Waals surface area contributed by atoms with E-state index in [0.717, 1.165) is 30.8 Å². The summed E-state index contributed by atoms with van der Waals surface area (Å²) in [5.74, 6) is 1.76. The van der Waals surface area contributed by atoms with Gasteiger partial charge < -0.3 is 5.32 Å². The van der Waals surface area contributed by atoms with Crippen molar-refractivity contribution in [3.8, 4) is 0 Å². The van der Waals surface area contributed by atoms with E-state index in [1.54, 1.807) is 0 Å². The van der Waals surface area contributed by atoms with Crippen LogP contribution in [-0.4, -0.2) is 45.6 Å². The average Bonchev–Trinajstić information content (AvgIpc) is 3.19. The number of nitrogens with one attached hydrogen (secondary N) is 1. The van der Waals surface area contributed by atoms with Gasteiger partial charge in [0.1, 0.15) is 11.3 Å². The molecule has 0 aromatic carbocycles. The number of nitrogens with zero attached hydrogens (tertiary/aromatic N) is 4. The summed E-state index contributed by atoms with van der Waals surface area (Å²) in [6.45, 7) is 6.73. The van der Waals surface area contributed by atoms with Crippen LogP contribution in [0.2, 0.25) is 0 Å². The van der Waals surface area contributed by atoms with E-state index < -0.39 is 0 Å². The van der Waals surface area contributed by atoms with E-state index in [-0.39, 0.29) is 0 Å². The number of fused-ring (bicyclic) bond motifs is 1. The maximum absolute atomic E-state index is 4.98. The van der Waals surface area contributed by atoms with Crippen LogP contribution in [0.4, 0.5) is 0 Å². The number of likely N-dealkylation sites (tertiary alicyclic amines) is 1. The number of piperidine rings is 1. The van der Waals surface area contributed by atoms with Gasteiger partial charge in [0.25, 0.3) is 0 Å². The Kier molecular flexibility index (Phi) is 3.84. The van der Waals surface area contributed by atoms with Crippen LogP contribution in [0.15, 0.2) is 18.3 Å². The molecule has 2 aromatic heterocycles. The molecule has 22 heavy (non-hydrogen) atoms. The summed E-state index contributed by atoms with van der Waals surface area (Å²) in [7, 11) is 0. The normalized spacial score (nSPS) is 26.8. The molecule has 4 rings (SSSR count). The number of aromatic nitrogens is 3. The first-order valence-electron chi connectivity index (χ1n) is 8.66. The molecule has 2 aliphatic rings. The second-order valence-corrected chi connectivity index (χ2v) is 6.48. The highest BCUT2D eigenvalue weighted by Gasteiger charge is 2.31. The van der Waals surface area contributed by atoms with E-state index in [0.29, 0.717) is 12.1 Å². The number of imidazole rings is 1. The zero-order valence-electron chi connectivity index (χ0n) is 13.3. The predicted octanol–water partition coefficient (Wildman–Crippen LogP) is 2.51. The standard InChI is InChI=1S/C17H25N5/c1-2-21-11-5-8-15(21)22-16(13-6-3-9-18-12-13)20-14-7-4-10-19-17(14)22/h4,7,10,13,15,18H,2-3,5-6,8-9,11-12H2,1H3. The highest BCUT2D eigenvalue weighted by atomic mass is 15.3. The first kappa shape index (κ1) is 14.2. The minimum Gasteiger partial charge on any atom is -0.316 e. The van der Waals surface area contributed by atoms with E-state index in [9.17, 15) is 0 Å². The van der Waals surface area contributed by atoms with Gasteiger partial charge in [0.05, 0.1) is 6.17 Å². The molecule has 1 N–H and O–H groups in total. The van der Waals surface area contributed by atoms with E-state index in [4.69, 9.17) is 4.98 Å². The smallest absolute Gasteiger partial charge is 0.161 e. The molecule has 0 saturated carbocycles. The SMILES string of the molecule is CCN1CCCC1n1c(C2CCCNC2)nc2cccnc21. The number of hydrogen-bond donors (Lipinski definition) is 1. The van der Waals surface area contributed by atoms with Gasteiger partial charge in [-0.1, -0.05) is 6.92 Å². The van der Waals surface area contributed by atoms with Crippen molar-refractivity contribution in [2.24, 2.45) is 0 Å². The van der Waals surface area contributed by atoms with E-state index in [1.165, 1.54) is 38.1 Å². The first-order valence-corrected chi connectivity index (χ1v) is 8.66. The van der Waals surface area contributed by atoms with Gasteiger partial charge in [-0.3, -0.25) is 9.47 Å². The predicted molar refractivity (Wildman–Crippen MR) is 87.9 cm³/mol. The second kappa shape index (κ2) is 5.97. The summed E-state index contributed by atoms with van der Waals surface area (Å²) < 4.78 is 2.45. The van der Waals surface area contributed by atoms with Gasteiger partial charge in [-0.05, 0) is 50.9 Å². The molecule has 0 radical (unpaired) electrons. The number of pyridine rings is 1. The fourth-order valence-corrected chi connectivity index (χ4v) is 4.07. The summed E-state index contributed by atoms with van der Waals surface area (Å²) in [5, 5.41) is 3.53. The molecule has 0 aliphatic carbocycles. The third-order valence-electron chi connectivity index (χ3n) is 5.17. The second-order valence-electron chi connectivity index (χ2n) is 6.48. The van der Waals surface area contributed by atoms with Gasteiger partial charge in [0.15, 0.2) is 5.65 Å². The molecule has 2 fully saturated rings. The van der Waals surface area contributed by atoms with Crippen LogP contribution in [0.3, 0.4) is 0 Å². The van der Waals surface area contributed by atoms with Crippen LogP contribution in [0, 0.1) is 0 Å². The Morgan fingerprint density at radius 1 is 1.32 bits per heavy atom. The lowest BCUT2D eigenvalue weighted by atomic mass is 9.98. The van der Waals surface area contributed by atoms with Crippen LogP contribution in [0.25, 0.3) is 11.2 Å². The van der Waals surface area contributed by atoms with Gasteiger partial charge in [-0.15, -0.1) is 0 Å². The van der Waals surface area contributed by atoms with Gasteiger partial charge >= 0.3 is 0 Å². The van der Waals surface area contributed by atoms with Crippen molar-refractivity contribution >= 4 is 11.2 Å². The summed E-state index contributed by atoms with van der Waals surface area (Å²) in [6.07, 6.45) is 7.28. The molecule has 118 valence electrons. The highest BCUT2D eigenvalue weighted by Crippen LogP contribution is 2.34. The van der Waals surface area contributed by atoms with Gasteiger partial charge in [0.2, 0.25) is 0 Å². The minimum atomic E-state index is 0.432. The van der Waals surface area contributed by atoms with Crippen molar-refractivity contribution in [3.05, 3.63) is 24.2 Å². The summed E-state index contributed by atoms with van der Waals surface area (Å²) >= 11 is 0. The van der Waals surface area contributed by atoms with Crippen LogP contribution in [0.1, 0.15) is 50.5 Å².